The van der Waals surface area contributed by atoms with E-state index in [4.69, 9.17) is 9.47 Å². The smallest absolute Gasteiger partial charge is 0.291 e. The van der Waals surface area contributed by atoms with Crippen molar-refractivity contribution >= 4 is 27.7 Å². The van der Waals surface area contributed by atoms with Crippen molar-refractivity contribution in [3.8, 4) is 11.5 Å². The van der Waals surface area contributed by atoms with Crippen LogP contribution >= 0.6 is 0 Å². The average Bonchev–Trinajstić information content (AvgIpc) is 3.14. The van der Waals surface area contributed by atoms with E-state index in [-0.39, 0.29) is 11.5 Å². The maximum atomic E-state index is 12.8. The molecule has 0 fully saturated rings. The van der Waals surface area contributed by atoms with Crippen LogP contribution in [0.1, 0.15) is 18.4 Å². The molecule has 2 heterocycles. The topological polar surface area (TPSA) is 87.4 Å². The molecule has 2 aromatic heterocycles. The lowest BCUT2D eigenvalue weighted by Crippen LogP contribution is -2.24. The summed E-state index contributed by atoms with van der Waals surface area (Å²) < 4.78 is 13.9. The number of amides is 1. The molecule has 8 nitrogen and oxygen atoms in total. The van der Waals surface area contributed by atoms with E-state index in [1.165, 1.54) is 4.68 Å². The Morgan fingerprint density at radius 3 is 2.69 bits per heavy atom. The zero-order valence-corrected chi connectivity index (χ0v) is 18.4. The maximum absolute atomic E-state index is 12.8. The highest BCUT2D eigenvalue weighted by molar-refractivity contribution is 6.07. The van der Waals surface area contributed by atoms with Crippen molar-refractivity contribution in [2.45, 2.75) is 25.9 Å². The molecule has 0 aliphatic carbocycles. The van der Waals surface area contributed by atoms with Crippen LogP contribution in [-0.4, -0.2) is 34.5 Å². The fourth-order valence-corrected chi connectivity index (χ4v) is 3.97. The number of ether oxygens (including phenoxy) is 2. The third-order valence-electron chi connectivity index (χ3n) is 5.62. The van der Waals surface area contributed by atoms with Crippen LogP contribution in [-0.2, 0) is 24.9 Å². The first-order valence-corrected chi connectivity index (χ1v) is 10.4. The Kier molecular flexibility index (Phi) is 6.11. The summed E-state index contributed by atoms with van der Waals surface area (Å²) in [6, 6.07) is 13.4. The third kappa shape index (κ3) is 4.03. The fourth-order valence-electron chi connectivity index (χ4n) is 3.97. The number of rotatable bonds is 8. The van der Waals surface area contributed by atoms with Gasteiger partial charge in [0.15, 0.2) is 0 Å². The van der Waals surface area contributed by atoms with Crippen LogP contribution in [0.3, 0.4) is 0 Å². The van der Waals surface area contributed by atoms with Gasteiger partial charge >= 0.3 is 0 Å². The van der Waals surface area contributed by atoms with Crippen LogP contribution in [0.4, 0.5) is 0 Å². The van der Waals surface area contributed by atoms with Crippen LogP contribution in [0.15, 0.2) is 53.5 Å². The monoisotopic (exact) mass is 434 g/mol. The van der Waals surface area contributed by atoms with Gasteiger partial charge in [-0.25, -0.2) is 4.68 Å². The Bertz CT molecular complexity index is 1340. The highest BCUT2D eigenvalue weighted by Gasteiger charge is 2.15. The SMILES string of the molecule is COc1ccc(OC)c(CNC(=O)CCCn2c3ccccc3c3cnn(C)c(=O)c32)c1. The molecule has 32 heavy (non-hydrogen) atoms. The number of aromatic nitrogens is 3. The van der Waals surface area contributed by atoms with Gasteiger partial charge in [-0.2, -0.15) is 5.10 Å². The van der Waals surface area contributed by atoms with Crippen LogP contribution in [0.2, 0.25) is 0 Å². The Balaban J connectivity index is 1.46. The van der Waals surface area contributed by atoms with E-state index in [1.54, 1.807) is 27.5 Å². The Morgan fingerprint density at radius 2 is 1.91 bits per heavy atom. The molecule has 0 radical (unpaired) electrons. The molecule has 0 atom stereocenters. The molecule has 0 spiro atoms. The van der Waals surface area contributed by atoms with Gasteiger partial charge in [-0.15, -0.1) is 0 Å². The van der Waals surface area contributed by atoms with Gasteiger partial charge in [-0.3, -0.25) is 9.59 Å². The number of nitrogens with zero attached hydrogens (tertiary/aromatic N) is 3. The summed E-state index contributed by atoms with van der Waals surface area (Å²) in [6.07, 6.45) is 2.66. The van der Waals surface area contributed by atoms with Gasteiger partial charge in [0.2, 0.25) is 5.91 Å². The molecular formula is C24H26N4O4. The first-order chi connectivity index (χ1) is 15.5. The van der Waals surface area contributed by atoms with Gasteiger partial charge in [-0.1, -0.05) is 18.2 Å². The number of para-hydroxylation sites is 1. The summed E-state index contributed by atoms with van der Waals surface area (Å²) in [7, 11) is 4.84. The lowest BCUT2D eigenvalue weighted by molar-refractivity contribution is -0.121. The minimum Gasteiger partial charge on any atom is -0.497 e. The van der Waals surface area contributed by atoms with Crippen molar-refractivity contribution in [3.05, 3.63) is 64.6 Å². The summed E-state index contributed by atoms with van der Waals surface area (Å²) in [5, 5.41) is 8.93. The zero-order valence-electron chi connectivity index (χ0n) is 18.4. The summed E-state index contributed by atoms with van der Waals surface area (Å²) in [5.74, 6) is 1.34. The van der Waals surface area contributed by atoms with Crippen molar-refractivity contribution in [3.63, 3.8) is 0 Å². The first-order valence-electron chi connectivity index (χ1n) is 10.4. The minimum atomic E-state index is -0.145. The molecule has 4 rings (SSSR count). The van der Waals surface area contributed by atoms with Crippen LogP contribution in [0.25, 0.3) is 21.8 Å². The number of benzene rings is 2. The molecule has 0 unspecified atom stereocenters. The number of fused-ring (bicyclic) bond motifs is 3. The van der Waals surface area contributed by atoms with Gasteiger partial charge in [0.1, 0.15) is 17.0 Å². The number of carbonyl (C=O) groups is 1. The van der Waals surface area contributed by atoms with E-state index in [2.05, 4.69) is 10.4 Å². The predicted octanol–water partition coefficient (Wildman–Crippen LogP) is 3.00. The van der Waals surface area contributed by atoms with E-state index in [0.717, 1.165) is 21.9 Å². The van der Waals surface area contributed by atoms with Crippen LogP contribution in [0.5, 0.6) is 11.5 Å². The van der Waals surface area contributed by atoms with Gasteiger partial charge in [0, 0.05) is 48.4 Å². The standard InChI is InChI=1S/C24H26N4O4/c1-27-24(30)23-19(15-26-27)18-7-4-5-8-20(18)28(23)12-6-9-22(29)25-14-16-13-17(31-2)10-11-21(16)32-3/h4-5,7-8,10-11,13,15H,6,9,12,14H2,1-3H3,(H,25,29). The Hall–Kier alpha value is -3.81. The second-order valence-electron chi connectivity index (χ2n) is 7.56. The van der Waals surface area contributed by atoms with E-state index < -0.39 is 0 Å². The largest absolute Gasteiger partial charge is 0.497 e. The Morgan fingerprint density at radius 1 is 1.09 bits per heavy atom. The van der Waals surface area contributed by atoms with Gasteiger partial charge in [0.05, 0.1) is 20.4 Å². The molecule has 1 amide bonds. The first kappa shape index (κ1) is 21.4. The number of carbonyl (C=O) groups excluding carboxylic acids is 1. The summed E-state index contributed by atoms with van der Waals surface area (Å²) in [6.45, 7) is 0.903. The number of nitrogens with one attached hydrogen (secondary N) is 1. The molecule has 1 N–H and O–H groups in total. The average molecular weight is 434 g/mol. The van der Waals surface area contributed by atoms with Crippen molar-refractivity contribution in [1.29, 1.82) is 0 Å². The molecule has 166 valence electrons. The molecule has 0 aliphatic rings. The lowest BCUT2D eigenvalue weighted by Gasteiger charge is -2.12. The summed E-state index contributed by atoms with van der Waals surface area (Å²) >= 11 is 0. The van der Waals surface area contributed by atoms with E-state index in [1.807, 2.05) is 47.0 Å². The van der Waals surface area contributed by atoms with Gasteiger partial charge < -0.3 is 19.4 Å². The molecular weight excluding hydrogens is 408 g/mol. The third-order valence-corrected chi connectivity index (χ3v) is 5.62. The summed E-state index contributed by atoms with van der Waals surface area (Å²) in [5.41, 5.74) is 2.28. The maximum Gasteiger partial charge on any atom is 0.291 e. The minimum absolute atomic E-state index is 0.0646. The second kappa shape index (κ2) is 9.13. The zero-order chi connectivity index (χ0) is 22.7. The summed E-state index contributed by atoms with van der Waals surface area (Å²) in [4.78, 5) is 25.2. The molecule has 0 saturated heterocycles. The highest BCUT2D eigenvalue weighted by atomic mass is 16.5. The van der Waals surface area contributed by atoms with Crippen molar-refractivity contribution < 1.29 is 14.3 Å². The number of hydrogen-bond acceptors (Lipinski definition) is 5. The number of aryl methyl sites for hydroxylation is 2. The lowest BCUT2D eigenvalue weighted by atomic mass is 10.2. The fraction of sp³-hybridized carbons (Fsp3) is 0.292. The predicted molar refractivity (Wildman–Crippen MR) is 123 cm³/mol. The Labute approximate surface area is 185 Å². The van der Waals surface area contributed by atoms with E-state index in [9.17, 15) is 9.59 Å². The second-order valence-corrected chi connectivity index (χ2v) is 7.56. The normalized spacial score (nSPS) is 11.1. The molecule has 0 aliphatic heterocycles. The highest BCUT2D eigenvalue weighted by Crippen LogP contribution is 2.27. The molecule has 4 aromatic rings. The van der Waals surface area contributed by atoms with Crippen LogP contribution < -0.4 is 20.3 Å². The van der Waals surface area contributed by atoms with Crippen molar-refractivity contribution in [1.82, 2.24) is 19.7 Å². The molecule has 2 aromatic carbocycles. The van der Waals surface area contributed by atoms with Crippen molar-refractivity contribution in [2.24, 2.45) is 7.05 Å². The van der Waals surface area contributed by atoms with Gasteiger partial charge in [-0.05, 0) is 30.7 Å². The van der Waals surface area contributed by atoms with E-state index >= 15 is 0 Å². The molecule has 0 bridgehead atoms. The van der Waals surface area contributed by atoms with E-state index in [0.29, 0.717) is 42.9 Å². The molecule has 8 heteroatoms. The van der Waals surface area contributed by atoms with Gasteiger partial charge in [0.25, 0.3) is 5.56 Å². The quantitative estimate of drug-likeness (QED) is 0.461. The number of hydrogen-bond donors (Lipinski definition) is 1. The molecule has 0 saturated carbocycles. The van der Waals surface area contributed by atoms with Crippen LogP contribution in [0, 0.1) is 0 Å². The number of methoxy groups -OCH3 is 2. The van der Waals surface area contributed by atoms with Crippen molar-refractivity contribution in [2.75, 3.05) is 14.2 Å².